The molecule has 4 atom stereocenters. The third-order valence-electron chi connectivity index (χ3n) is 6.17. The number of hydrogen-bond donors (Lipinski definition) is 3. The fraction of sp³-hybridized carbons (Fsp3) is 0.417. The fourth-order valence-corrected chi connectivity index (χ4v) is 5.56. The van der Waals surface area contributed by atoms with Crippen LogP contribution in [0, 0.1) is 17.6 Å². The number of hydrogen-bond acceptors (Lipinski definition) is 6. The molecule has 0 bridgehead atoms. The van der Waals surface area contributed by atoms with Crippen molar-refractivity contribution in [3.63, 3.8) is 0 Å². The Morgan fingerprint density at radius 2 is 2.06 bits per heavy atom. The smallest absolute Gasteiger partial charge is 0.257 e. The molecule has 0 spiro atoms. The quantitative estimate of drug-likeness (QED) is 0.596. The Morgan fingerprint density at radius 1 is 1.27 bits per heavy atom. The van der Waals surface area contributed by atoms with Crippen LogP contribution in [-0.2, 0) is 10.3 Å². The zero-order valence-corrected chi connectivity index (χ0v) is 18.7. The second-order valence-electron chi connectivity index (χ2n) is 8.31. The van der Waals surface area contributed by atoms with Crippen molar-refractivity contribution in [2.75, 3.05) is 19.0 Å². The highest BCUT2D eigenvalue weighted by Crippen LogP contribution is 2.47. The minimum atomic E-state index is -1.16. The number of rotatable bonds is 6. The number of fused-ring (bicyclic) bond motifs is 1. The van der Waals surface area contributed by atoms with Gasteiger partial charge < -0.3 is 20.3 Å². The van der Waals surface area contributed by atoms with E-state index in [4.69, 9.17) is 14.8 Å². The van der Waals surface area contributed by atoms with Crippen molar-refractivity contribution in [3.05, 3.63) is 71.3 Å². The molecule has 33 heavy (non-hydrogen) atoms. The van der Waals surface area contributed by atoms with E-state index in [2.05, 4.69) is 5.32 Å². The SMILES string of the molecule is O=C(NC1=NC2(c3ccc(F)cc3F)COC(C(O)CCCO)CC2CS1)c1ccccc1. The van der Waals surface area contributed by atoms with E-state index < -0.39 is 29.4 Å². The molecule has 2 aliphatic rings. The third-order valence-corrected chi connectivity index (χ3v) is 7.21. The van der Waals surface area contributed by atoms with Crippen LogP contribution >= 0.6 is 11.8 Å². The second-order valence-corrected chi connectivity index (χ2v) is 9.32. The van der Waals surface area contributed by atoms with Gasteiger partial charge in [-0.15, -0.1) is 0 Å². The van der Waals surface area contributed by atoms with Crippen LogP contribution in [0.2, 0.25) is 0 Å². The highest BCUT2D eigenvalue weighted by molar-refractivity contribution is 8.13. The van der Waals surface area contributed by atoms with Crippen molar-refractivity contribution in [1.82, 2.24) is 5.32 Å². The summed E-state index contributed by atoms with van der Waals surface area (Å²) in [7, 11) is 0. The van der Waals surface area contributed by atoms with Gasteiger partial charge in [-0.05, 0) is 37.5 Å². The average molecular weight is 477 g/mol. The Hall–Kier alpha value is -2.33. The van der Waals surface area contributed by atoms with Crippen molar-refractivity contribution in [2.24, 2.45) is 10.9 Å². The van der Waals surface area contributed by atoms with Crippen molar-refractivity contribution >= 4 is 22.8 Å². The lowest BCUT2D eigenvalue weighted by Crippen LogP contribution is -2.53. The molecule has 0 aliphatic carbocycles. The number of halogens is 2. The molecule has 176 valence electrons. The minimum absolute atomic E-state index is 0.0215. The van der Waals surface area contributed by atoms with Crippen LogP contribution in [0.1, 0.15) is 35.2 Å². The molecule has 0 saturated carbocycles. The molecule has 2 aromatic rings. The van der Waals surface area contributed by atoms with E-state index in [9.17, 15) is 18.7 Å². The van der Waals surface area contributed by atoms with Crippen molar-refractivity contribution < 1.29 is 28.5 Å². The van der Waals surface area contributed by atoms with E-state index in [0.29, 0.717) is 35.7 Å². The normalized spacial score (nSPS) is 25.6. The first-order valence-corrected chi connectivity index (χ1v) is 11.9. The van der Waals surface area contributed by atoms with Gasteiger partial charge in [-0.1, -0.05) is 36.0 Å². The summed E-state index contributed by atoms with van der Waals surface area (Å²) in [5.41, 5.74) is -0.490. The lowest BCUT2D eigenvalue weighted by molar-refractivity contribution is -0.111. The number of thioether (sulfide) groups is 1. The molecule has 4 unspecified atom stereocenters. The van der Waals surface area contributed by atoms with Crippen LogP contribution in [0.4, 0.5) is 8.78 Å². The Bertz CT molecular complexity index is 1020. The van der Waals surface area contributed by atoms with Crippen molar-refractivity contribution in [2.45, 2.75) is 37.0 Å². The van der Waals surface area contributed by atoms with E-state index in [1.165, 1.54) is 23.9 Å². The van der Waals surface area contributed by atoms with Crippen LogP contribution < -0.4 is 5.32 Å². The molecular weight excluding hydrogens is 450 g/mol. The molecule has 3 N–H and O–H groups in total. The molecule has 1 saturated heterocycles. The molecule has 2 heterocycles. The van der Waals surface area contributed by atoms with E-state index in [-0.39, 0.29) is 30.6 Å². The maximum atomic E-state index is 14.9. The maximum Gasteiger partial charge on any atom is 0.257 e. The maximum absolute atomic E-state index is 14.9. The zero-order valence-electron chi connectivity index (χ0n) is 17.9. The van der Waals surface area contributed by atoms with Gasteiger partial charge in [0.15, 0.2) is 5.17 Å². The number of aliphatic imine (C=N–C) groups is 1. The van der Waals surface area contributed by atoms with Crippen molar-refractivity contribution in [3.8, 4) is 0 Å². The number of benzene rings is 2. The van der Waals surface area contributed by atoms with Gasteiger partial charge in [0, 0.05) is 35.5 Å². The van der Waals surface area contributed by atoms with Gasteiger partial charge in [0.05, 0.1) is 18.8 Å². The number of nitrogens with one attached hydrogen (secondary N) is 1. The van der Waals surface area contributed by atoms with Gasteiger partial charge in [0.25, 0.3) is 5.91 Å². The number of ether oxygens (including phenoxy) is 1. The number of aliphatic hydroxyl groups excluding tert-OH is 2. The molecule has 2 aliphatic heterocycles. The van der Waals surface area contributed by atoms with Crippen LogP contribution in [0.5, 0.6) is 0 Å². The van der Waals surface area contributed by atoms with E-state index in [1.807, 2.05) is 6.07 Å². The van der Waals surface area contributed by atoms with E-state index in [0.717, 1.165) is 6.07 Å². The van der Waals surface area contributed by atoms with Crippen LogP contribution in [0.3, 0.4) is 0 Å². The number of aliphatic hydroxyl groups is 2. The van der Waals surface area contributed by atoms with Gasteiger partial charge in [0.2, 0.25) is 0 Å². The summed E-state index contributed by atoms with van der Waals surface area (Å²) in [5, 5.41) is 22.7. The molecular formula is C24H26F2N2O4S. The fourth-order valence-electron chi connectivity index (χ4n) is 4.39. The molecule has 4 rings (SSSR count). The molecule has 2 aromatic carbocycles. The summed E-state index contributed by atoms with van der Waals surface area (Å²) in [4.78, 5) is 17.4. The van der Waals surface area contributed by atoms with E-state index in [1.54, 1.807) is 24.3 Å². The molecule has 6 nitrogen and oxygen atoms in total. The molecule has 1 amide bonds. The summed E-state index contributed by atoms with van der Waals surface area (Å²) in [6.45, 7) is -0.0467. The molecule has 0 radical (unpaired) electrons. The van der Waals surface area contributed by atoms with Crippen molar-refractivity contribution in [1.29, 1.82) is 0 Å². The first-order valence-electron chi connectivity index (χ1n) is 10.9. The first-order chi connectivity index (χ1) is 15.9. The first kappa shape index (κ1) is 23.8. The van der Waals surface area contributed by atoms with Gasteiger partial charge in [0.1, 0.15) is 17.2 Å². The minimum Gasteiger partial charge on any atom is -0.396 e. The number of amides is 1. The summed E-state index contributed by atoms with van der Waals surface area (Å²) in [6.07, 6.45) is 0.0164. The summed E-state index contributed by atoms with van der Waals surface area (Å²) >= 11 is 1.35. The highest BCUT2D eigenvalue weighted by atomic mass is 32.2. The summed E-state index contributed by atoms with van der Waals surface area (Å²) < 4.78 is 34.5. The Morgan fingerprint density at radius 3 is 2.79 bits per heavy atom. The number of nitrogens with zero attached hydrogens (tertiary/aromatic N) is 1. The largest absolute Gasteiger partial charge is 0.396 e. The lowest BCUT2D eigenvalue weighted by atomic mass is 9.74. The topological polar surface area (TPSA) is 91.2 Å². The number of carbonyl (C=O) groups excluding carboxylic acids is 1. The third kappa shape index (κ3) is 5.11. The Labute approximate surface area is 195 Å². The van der Waals surface area contributed by atoms with Gasteiger partial charge in [-0.2, -0.15) is 0 Å². The predicted molar refractivity (Wildman–Crippen MR) is 122 cm³/mol. The highest BCUT2D eigenvalue weighted by Gasteiger charge is 2.50. The second kappa shape index (κ2) is 10.3. The molecule has 9 heteroatoms. The molecule has 0 aromatic heterocycles. The van der Waals surface area contributed by atoms with E-state index >= 15 is 0 Å². The van der Waals surface area contributed by atoms with Gasteiger partial charge in [-0.3, -0.25) is 4.79 Å². The predicted octanol–water partition coefficient (Wildman–Crippen LogP) is 3.23. The summed E-state index contributed by atoms with van der Waals surface area (Å²) in [6, 6.07) is 12.1. The van der Waals surface area contributed by atoms with Crippen LogP contribution in [0.25, 0.3) is 0 Å². The molecule has 1 fully saturated rings. The lowest BCUT2D eigenvalue weighted by Gasteiger charge is -2.47. The average Bonchev–Trinajstić information content (AvgIpc) is 2.82. The van der Waals surface area contributed by atoms with Crippen LogP contribution in [0.15, 0.2) is 53.5 Å². The van der Waals surface area contributed by atoms with Gasteiger partial charge in [-0.25, -0.2) is 13.8 Å². The summed E-state index contributed by atoms with van der Waals surface area (Å²) in [5.74, 6) is -1.44. The van der Waals surface area contributed by atoms with Gasteiger partial charge >= 0.3 is 0 Å². The Kier molecular flexibility index (Phi) is 7.43. The Balaban J connectivity index is 1.64. The zero-order chi connectivity index (χ0) is 23.4. The number of carbonyl (C=O) groups is 1. The standard InChI is InChI=1S/C24H26F2N2O4S/c25-17-8-9-18(19(26)12-17)24-14-32-21(20(30)7-4-10-29)11-16(24)13-33-23(28-24)27-22(31)15-5-2-1-3-6-15/h1-3,5-6,8-9,12,16,20-21,29-30H,4,7,10-11,13-14H2,(H,27,28,31). The monoisotopic (exact) mass is 476 g/mol. The van der Waals surface area contributed by atoms with Crippen LogP contribution in [-0.4, -0.2) is 52.5 Å². The number of amidine groups is 1.